The first-order valence-electron chi connectivity index (χ1n) is 9.39. The molecule has 0 aromatic carbocycles. The minimum Gasteiger partial charge on any atom is -0.309 e. The summed E-state index contributed by atoms with van der Waals surface area (Å²) in [5.41, 5.74) is 0. The predicted molar refractivity (Wildman–Crippen MR) is 96.7 cm³/mol. The minimum absolute atomic E-state index is 0.0951. The number of hydrogen-bond donors (Lipinski definition) is 0. The first-order chi connectivity index (χ1) is 10.5. The highest BCUT2D eigenvalue weighted by Crippen LogP contribution is 2.51. The minimum atomic E-state index is -2.92. The van der Waals surface area contributed by atoms with E-state index in [1.54, 1.807) is 0 Å². The van der Waals surface area contributed by atoms with Gasteiger partial charge in [-0.25, -0.2) is 0 Å². The molecule has 3 nitrogen and oxygen atoms in total. The van der Waals surface area contributed by atoms with Gasteiger partial charge >= 0.3 is 7.60 Å². The van der Waals surface area contributed by atoms with E-state index in [0.29, 0.717) is 18.7 Å². The fourth-order valence-electron chi connectivity index (χ4n) is 2.43. The van der Waals surface area contributed by atoms with Crippen molar-refractivity contribution in [2.75, 3.05) is 12.8 Å². The zero-order valence-corrected chi connectivity index (χ0v) is 16.5. The normalized spacial score (nSPS) is 15.9. The van der Waals surface area contributed by atoms with E-state index in [-0.39, 0.29) is 6.10 Å². The maximum Gasteiger partial charge on any atom is 0.330 e. The van der Waals surface area contributed by atoms with Gasteiger partial charge in [0, 0.05) is 0 Å². The molecule has 134 valence electrons. The summed E-state index contributed by atoms with van der Waals surface area (Å²) in [4.78, 5) is 0. The molecule has 0 amide bonds. The van der Waals surface area contributed by atoms with Crippen molar-refractivity contribution in [3.05, 3.63) is 0 Å². The van der Waals surface area contributed by atoms with Crippen LogP contribution in [0.2, 0.25) is 0 Å². The average Bonchev–Trinajstić information content (AvgIpc) is 2.47. The van der Waals surface area contributed by atoms with Crippen LogP contribution in [0.3, 0.4) is 0 Å². The molecule has 0 spiro atoms. The molecule has 2 unspecified atom stereocenters. The Balaban J connectivity index is 4.50. The Bertz CT molecular complexity index is 292. The standard InChI is InChI=1S/C18H39O3P/c1-6-9-14-18(12-8-3)21-22(19,16-10-7-2)20-15-11-13-17(4)5/h17-18H,6-16H2,1-5H3. The molecule has 0 aliphatic heterocycles. The summed E-state index contributed by atoms with van der Waals surface area (Å²) in [6.45, 7) is 11.4. The maximum absolute atomic E-state index is 13.0. The Labute approximate surface area is 139 Å². The monoisotopic (exact) mass is 334 g/mol. The largest absolute Gasteiger partial charge is 0.330 e. The van der Waals surface area contributed by atoms with Gasteiger partial charge < -0.3 is 9.05 Å². The second kappa shape index (κ2) is 13.6. The molecule has 0 N–H and O–H groups in total. The summed E-state index contributed by atoms with van der Waals surface area (Å²) in [7, 11) is -2.92. The van der Waals surface area contributed by atoms with E-state index in [1.807, 2.05) is 0 Å². The fourth-order valence-corrected chi connectivity index (χ4v) is 4.50. The average molecular weight is 334 g/mol. The predicted octanol–water partition coefficient (Wildman–Crippen LogP) is 6.81. The Hall–Kier alpha value is 0.150. The lowest BCUT2D eigenvalue weighted by molar-refractivity contribution is 0.128. The summed E-state index contributed by atoms with van der Waals surface area (Å²) in [5, 5.41) is 0. The van der Waals surface area contributed by atoms with Gasteiger partial charge in [-0.3, -0.25) is 4.57 Å². The van der Waals surface area contributed by atoms with Crippen molar-refractivity contribution in [2.24, 2.45) is 5.92 Å². The molecule has 0 aromatic rings. The highest BCUT2D eigenvalue weighted by Gasteiger charge is 2.27. The third kappa shape index (κ3) is 11.7. The summed E-state index contributed by atoms with van der Waals surface area (Å²) >= 11 is 0. The van der Waals surface area contributed by atoms with Crippen LogP contribution in [-0.4, -0.2) is 18.9 Å². The lowest BCUT2D eigenvalue weighted by Crippen LogP contribution is -2.14. The third-order valence-electron chi connectivity index (χ3n) is 3.80. The van der Waals surface area contributed by atoms with Gasteiger partial charge in [-0.05, 0) is 38.0 Å². The van der Waals surface area contributed by atoms with Crippen LogP contribution in [0.15, 0.2) is 0 Å². The van der Waals surface area contributed by atoms with Crippen LogP contribution in [0, 0.1) is 5.92 Å². The van der Waals surface area contributed by atoms with E-state index >= 15 is 0 Å². The van der Waals surface area contributed by atoms with Crippen LogP contribution in [0.5, 0.6) is 0 Å². The molecule has 22 heavy (non-hydrogen) atoms. The van der Waals surface area contributed by atoms with Gasteiger partial charge in [0.05, 0.1) is 18.9 Å². The van der Waals surface area contributed by atoms with E-state index in [9.17, 15) is 4.57 Å². The molecule has 0 radical (unpaired) electrons. The van der Waals surface area contributed by atoms with Crippen molar-refractivity contribution in [1.82, 2.24) is 0 Å². The Morgan fingerprint density at radius 2 is 1.55 bits per heavy atom. The van der Waals surface area contributed by atoms with E-state index in [1.165, 1.54) is 0 Å². The van der Waals surface area contributed by atoms with Crippen LogP contribution < -0.4 is 0 Å². The quantitative estimate of drug-likeness (QED) is 0.244. The van der Waals surface area contributed by atoms with Gasteiger partial charge in [0.15, 0.2) is 0 Å². The van der Waals surface area contributed by atoms with Crippen molar-refractivity contribution in [3.8, 4) is 0 Å². The van der Waals surface area contributed by atoms with Crippen LogP contribution in [0.25, 0.3) is 0 Å². The summed E-state index contributed by atoms with van der Waals surface area (Å²) in [5.74, 6) is 0.664. The van der Waals surface area contributed by atoms with Crippen molar-refractivity contribution in [3.63, 3.8) is 0 Å². The molecule has 0 saturated carbocycles. The van der Waals surface area contributed by atoms with Crippen LogP contribution in [0.1, 0.15) is 92.4 Å². The molecular formula is C18H39O3P. The topological polar surface area (TPSA) is 35.5 Å². The van der Waals surface area contributed by atoms with Crippen molar-refractivity contribution in [2.45, 2.75) is 98.5 Å². The van der Waals surface area contributed by atoms with Crippen molar-refractivity contribution < 1.29 is 13.6 Å². The molecule has 0 saturated heterocycles. The second-order valence-corrected chi connectivity index (χ2v) is 8.85. The van der Waals surface area contributed by atoms with Gasteiger partial charge in [0.2, 0.25) is 0 Å². The van der Waals surface area contributed by atoms with Gasteiger partial charge in [-0.15, -0.1) is 0 Å². The smallest absolute Gasteiger partial charge is 0.309 e. The highest BCUT2D eigenvalue weighted by molar-refractivity contribution is 7.53. The lowest BCUT2D eigenvalue weighted by atomic mass is 10.1. The zero-order chi connectivity index (χ0) is 16.8. The van der Waals surface area contributed by atoms with Gasteiger partial charge in [-0.1, -0.05) is 60.3 Å². The van der Waals surface area contributed by atoms with Crippen molar-refractivity contribution >= 4 is 7.60 Å². The van der Waals surface area contributed by atoms with Crippen LogP contribution >= 0.6 is 7.60 Å². The molecule has 0 aromatic heterocycles. The molecule has 0 rings (SSSR count). The first kappa shape index (κ1) is 22.1. The molecule has 0 aliphatic carbocycles. The third-order valence-corrected chi connectivity index (χ3v) is 5.86. The van der Waals surface area contributed by atoms with Crippen LogP contribution in [0.4, 0.5) is 0 Å². The molecular weight excluding hydrogens is 295 g/mol. The molecule has 0 bridgehead atoms. The summed E-state index contributed by atoms with van der Waals surface area (Å²) in [6, 6.07) is 0. The summed E-state index contributed by atoms with van der Waals surface area (Å²) < 4.78 is 24.8. The van der Waals surface area contributed by atoms with Gasteiger partial charge in [0.1, 0.15) is 0 Å². The van der Waals surface area contributed by atoms with Crippen molar-refractivity contribution in [1.29, 1.82) is 0 Å². The van der Waals surface area contributed by atoms with E-state index < -0.39 is 7.60 Å². The van der Waals surface area contributed by atoms with Gasteiger partial charge in [0.25, 0.3) is 0 Å². The SMILES string of the molecule is CCCCC(CCC)OP(=O)(CCCC)OCCCC(C)C. The van der Waals surface area contributed by atoms with Gasteiger partial charge in [-0.2, -0.15) is 0 Å². The number of hydrogen-bond acceptors (Lipinski definition) is 3. The first-order valence-corrected chi connectivity index (χ1v) is 11.1. The molecule has 4 heteroatoms. The maximum atomic E-state index is 13.0. The van der Waals surface area contributed by atoms with E-state index in [2.05, 4.69) is 34.6 Å². The van der Waals surface area contributed by atoms with E-state index in [4.69, 9.17) is 9.05 Å². The summed E-state index contributed by atoms with van der Waals surface area (Å²) in [6.07, 6.45) is 9.99. The Morgan fingerprint density at radius 3 is 2.09 bits per heavy atom. The Morgan fingerprint density at radius 1 is 0.864 bits per heavy atom. The Kier molecular flexibility index (Phi) is 13.7. The highest BCUT2D eigenvalue weighted by atomic mass is 31.2. The van der Waals surface area contributed by atoms with E-state index in [0.717, 1.165) is 57.8 Å². The molecule has 0 aliphatic rings. The molecule has 2 atom stereocenters. The molecule has 0 fully saturated rings. The fraction of sp³-hybridized carbons (Fsp3) is 1.00. The molecule has 0 heterocycles. The van der Waals surface area contributed by atoms with Crippen LogP contribution in [-0.2, 0) is 13.6 Å². The second-order valence-electron chi connectivity index (χ2n) is 6.72. The lowest BCUT2D eigenvalue weighted by Gasteiger charge is -2.25. The number of rotatable bonds is 15. The zero-order valence-electron chi connectivity index (χ0n) is 15.6. The number of unbranched alkanes of at least 4 members (excludes halogenated alkanes) is 2.